The second kappa shape index (κ2) is 7.30. The van der Waals surface area contributed by atoms with E-state index in [4.69, 9.17) is 19.7 Å². The van der Waals surface area contributed by atoms with E-state index in [1.54, 1.807) is 6.20 Å². The van der Waals surface area contributed by atoms with E-state index in [1.165, 1.54) is 10.9 Å². The van der Waals surface area contributed by atoms with Crippen molar-refractivity contribution in [2.45, 2.75) is 32.7 Å². The first-order valence-corrected chi connectivity index (χ1v) is 11.1. The van der Waals surface area contributed by atoms with Gasteiger partial charge in [0.1, 0.15) is 6.61 Å². The Morgan fingerprint density at radius 2 is 2.03 bits per heavy atom. The molecule has 0 saturated carbocycles. The fraction of sp³-hybridized carbons (Fsp3) is 0.280. The molecule has 2 N–H and O–H groups in total. The van der Waals surface area contributed by atoms with Crippen LogP contribution in [0.5, 0.6) is 6.01 Å². The predicted molar refractivity (Wildman–Crippen MR) is 129 cm³/mol. The highest BCUT2D eigenvalue weighted by Crippen LogP contribution is 2.37. The number of nitrogens with zero attached hydrogens (tertiary/aromatic N) is 5. The zero-order valence-corrected chi connectivity index (χ0v) is 18.9. The minimum absolute atomic E-state index is 0.234. The Labute approximate surface area is 191 Å². The smallest absolute Gasteiger partial charge is 0.299 e. The molecule has 0 aliphatic carbocycles. The Balaban J connectivity index is 1.39. The topological polar surface area (TPSA) is 93.5 Å². The summed E-state index contributed by atoms with van der Waals surface area (Å²) in [7, 11) is 0. The van der Waals surface area contributed by atoms with Crippen LogP contribution in [-0.4, -0.2) is 42.6 Å². The van der Waals surface area contributed by atoms with Gasteiger partial charge in [-0.25, -0.2) is 9.97 Å². The number of ether oxygens (including phenoxy) is 1. The lowest BCUT2D eigenvalue weighted by atomic mass is 10.1. The van der Waals surface area contributed by atoms with E-state index in [0.717, 1.165) is 34.2 Å². The van der Waals surface area contributed by atoms with Crippen molar-refractivity contribution in [1.82, 2.24) is 29.5 Å². The largest absolute Gasteiger partial charge is 0.462 e. The Bertz CT molecular complexity index is 1500. The van der Waals surface area contributed by atoms with Crippen molar-refractivity contribution >= 4 is 27.9 Å². The molecule has 1 aliphatic rings. The predicted octanol–water partition coefficient (Wildman–Crippen LogP) is 4.46. The van der Waals surface area contributed by atoms with Crippen LogP contribution in [0.4, 0.5) is 5.82 Å². The normalized spacial score (nSPS) is 14.5. The van der Waals surface area contributed by atoms with E-state index in [2.05, 4.69) is 58.1 Å². The summed E-state index contributed by atoms with van der Waals surface area (Å²) >= 11 is 0. The number of aryl methyl sites for hydroxylation is 1. The molecule has 1 aromatic carbocycles. The van der Waals surface area contributed by atoms with E-state index in [1.807, 2.05) is 25.3 Å². The lowest BCUT2D eigenvalue weighted by Crippen LogP contribution is -2.25. The van der Waals surface area contributed by atoms with E-state index < -0.39 is 0 Å². The zero-order valence-electron chi connectivity index (χ0n) is 18.9. The molecule has 5 heterocycles. The Kier molecular flexibility index (Phi) is 4.36. The number of aromatic amines is 1. The van der Waals surface area contributed by atoms with Gasteiger partial charge in [-0.1, -0.05) is 18.2 Å². The van der Waals surface area contributed by atoms with Gasteiger partial charge in [-0.2, -0.15) is 4.98 Å². The van der Waals surface area contributed by atoms with Gasteiger partial charge in [0.05, 0.1) is 5.54 Å². The highest BCUT2D eigenvalue weighted by Gasteiger charge is 2.36. The van der Waals surface area contributed by atoms with Crippen molar-refractivity contribution < 1.29 is 4.74 Å². The molecule has 8 nitrogen and oxygen atoms in total. The molecular formula is C25H25N7O. The van der Waals surface area contributed by atoms with Gasteiger partial charge in [-0.3, -0.25) is 9.55 Å². The molecule has 0 atom stereocenters. The fourth-order valence-electron chi connectivity index (χ4n) is 4.47. The molecule has 0 fully saturated rings. The number of pyridine rings is 1. The molecule has 0 saturated heterocycles. The number of hydrogen-bond acceptors (Lipinski definition) is 6. The van der Waals surface area contributed by atoms with Crippen molar-refractivity contribution in [3.63, 3.8) is 0 Å². The standard InChI is InChI=1S/C25H25N7O/c1-15-10-17(12-26-11-15)21-30-22(20-23(31-21)32-24(29-20)33-14-25(32,2)3)27-9-8-16-13-28-19-7-5-4-6-18(16)19/h4-7,10-13,28H,8-9,14H2,1-3H3,(H,27,30,31). The second-order valence-electron chi connectivity index (χ2n) is 9.19. The van der Waals surface area contributed by atoms with Crippen molar-refractivity contribution in [2.75, 3.05) is 18.5 Å². The minimum atomic E-state index is -0.234. The van der Waals surface area contributed by atoms with Crippen LogP contribution >= 0.6 is 0 Å². The zero-order chi connectivity index (χ0) is 22.6. The number of H-pyrrole nitrogens is 1. The molecule has 1 aliphatic heterocycles. The van der Waals surface area contributed by atoms with Crippen molar-refractivity contribution in [2.24, 2.45) is 0 Å². The Hall–Kier alpha value is -3.94. The van der Waals surface area contributed by atoms with Gasteiger partial charge in [0.25, 0.3) is 6.01 Å². The summed E-state index contributed by atoms with van der Waals surface area (Å²) in [5.41, 5.74) is 5.62. The second-order valence-corrected chi connectivity index (χ2v) is 9.19. The lowest BCUT2D eigenvalue weighted by molar-refractivity contribution is 0.268. The molecule has 6 rings (SSSR count). The summed E-state index contributed by atoms with van der Waals surface area (Å²) in [4.78, 5) is 22.2. The van der Waals surface area contributed by atoms with E-state index in [9.17, 15) is 0 Å². The lowest BCUT2D eigenvalue weighted by Gasteiger charge is -2.18. The average molecular weight is 440 g/mol. The highest BCUT2D eigenvalue weighted by atomic mass is 16.5. The third-order valence-electron chi connectivity index (χ3n) is 6.13. The number of anilines is 1. The summed E-state index contributed by atoms with van der Waals surface area (Å²) < 4.78 is 7.94. The molecule has 0 radical (unpaired) electrons. The number of nitrogens with one attached hydrogen (secondary N) is 2. The summed E-state index contributed by atoms with van der Waals surface area (Å²) in [6, 6.07) is 11.0. The van der Waals surface area contributed by atoms with E-state index in [0.29, 0.717) is 30.8 Å². The first-order chi connectivity index (χ1) is 16.0. The highest BCUT2D eigenvalue weighted by molar-refractivity contribution is 5.87. The Morgan fingerprint density at radius 3 is 2.91 bits per heavy atom. The molecule has 4 aromatic heterocycles. The van der Waals surface area contributed by atoms with Crippen LogP contribution in [0.3, 0.4) is 0 Å². The molecule has 0 unspecified atom stereocenters. The maximum Gasteiger partial charge on any atom is 0.299 e. The van der Waals surface area contributed by atoms with Gasteiger partial charge in [0.2, 0.25) is 0 Å². The number of aromatic nitrogens is 6. The van der Waals surface area contributed by atoms with E-state index in [-0.39, 0.29) is 5.54 Å². The minimum Gasteiger partial charge on any atom is -0.462 e. The number of benzene rings is 1. The summed E-state index contributed by atoms with van der Waals surface area (Å²) in [5.74, 6) is 1.33. The third kappa shape index (κ3) is 3.29. The van der Waals surface area contributed by atoms with Crippen LogP contribution < -0.4 is 10.1 Å². The van der Waals surface area contributed by atoms with Crippen LogP contribution in [0.1, 0.15) is 25.0 Å². The quantitative estimate of drug-likeness (QED) is 0.420. The molecule has 0 amide bonds. The van der Waals surface area contributed by atoms with E-state index >= 15 is 0 Å². The van der Waals surface area contributed by atoms with Crippen molar-refractivity contribution in [3.05, 3.63) is 60.0 Å². The molecule has 166 valence electrons. The summed E-state index contributed by atoms with van der Waals surface area (Å²) in [6.07, 6.45) is 6.56. The van der Waals surface area contributed by atoms with Gasteiger partial charge >= 0.3 is 0 Å². The molecule has 8 heteroatoms. The van der Waals surface area contributed by atoms with Crippen LogP contribution in [0, 0.1) is 6.92 Å². The molecule has 0 spiro atoms. The molecular weight excluding hydrogens is 414 g/mol. The fourth-order valence-corrected chi connectivity index (χ4v) is 4.47. The van der Waals surface area contributed by atoms with Gasteiger partial charge in [-0.15, -0.1) is 0 Å². The molecule has 33 heavy (non-hydrogen) atoms. The SMILES string of the molecule is Cc1cncc(-c2nc(NCCc3c[nH]c4ccccc34)c3nc4n(c3n2)C(C)(C)CO4)c1. The van der Waals surface area contributed by atoms with Gasteiger partial charge < -0.3 is 15.0 Å². The van der Waals surface area contributed by atoms with Gasteiger partial charge in [-0.05, 0) is 50.5 Å². The van der Waals surface area contributed by atoms with Crippen LogP contribution in [-0.2, 0) is 12.0 Å². The third-order valence-corrected chi connectivity index (χ3v) is 6.13. The number of hydrogen-bond donors (Lipinski definition) is 2. The first kappa shape index (κ1) is 19.7. The number of imidazole rings is 1. The van der Waals surface area contributed by atoms with Crippen LogP contribution in [0.25, 0.3) is 33.5 Å². The Morgan fingerprint density at radius 1 is 1.15 bits per heavy atom. The van der Waals surface area contributed by atoms with Crippen molar-refractivity contribution in [3.8, 4) is 17.4 Å². The monoisotopic (exact) mass is 439 g/mol. The number of rotatable bonds is 5. The molecule has 5 aromatic rings. The maximum atomic E-state index is 5.87. The van der Waals surface area contributed by atoms with Gasteiger partial charge in [0.15, 0.2) is 22.8 Å². The average Bonchev–Trinajstić information content (AvgIpc) is 3.47. The maximum absolute atomic E-state index is 5.87. The van der Waals surface area contributed by atoms with Crippen LogP contribution in [0.2, 0.25) is 0 Å². The van der Waals surface area contributed by atoms with Gasteiger partial charge in [0, 0.05) is 41.6 Å². The summed E-state index contributed by atoms with van der Waals surface area (Å²) in [5, 5.41) is 4.76. The first-order valence-electron chi connectivity index (χ1n) is 11.1. The van der Waals surface area contributed by atoms with Crippen LogP contribution in [0.15, 0.2) is 48.9 Å². The molecule has 0 bridgehead atoms. The van der Waals surface area contributed by atoms with Crippen molar-refractivity contribution in [1.29, 1.82) is 0 Å². The number of fused-ring (bicyclic) bond motifs is 4. The number of para-hydroxylation sites is 1. The summed E-state index contributed by atoms with van der Waals surface area (Å²) in [6.45, 7) is 7.56.